The third-order valence-corrected chi connectivity index (χ3v) is 2.63. The van der Waals surface area contributed by atoms with Crippen LogP contribution in [0, 0.1) is 13.5 Å². The van der Waals surface area contributed by atoms with Crippen molar-refractivity contribution in [2.45, 2.75) is 13.3 Å². The van der Waals surface area contributed by atoms with Gasteiger partial charge in [0, 0.05) is 18.9 Å². The fourth-order valence-corrected chi connectivity index (χ4v) is 1.99. The van der Waals surface area contributed by atoms with Crippen molar-refractivity contribution in [2.75, 3.05) is 6.54 Å². The lowest BCUT2D eigenvalue weighted by Gasteiger charge is -1.99. The number of hydrogen-bond acceptors (Lipinski definition) is 1. The molecule has 1 aromatic heterocycles. The van der Waals surface area contributed by atoms with Crippen molar-refractivity contribution < 1.29 is 0 Å². The zero-order valence-electron chi connectivity index (χ0n) is 8.99. The van der Waals surface area contributed by atoms with E-state index in [9.17, 15) is 0 Å². The normalized spacial score (nSPS) is 10.5. The van der Waals surface area contributed by atoms with Gasteiger partial charge in [0.1, 0.15) is 0 Å². The van der Waals surface area contributed by atoms with E-state index in [1.54, 1.807) is 0 Å². The monoisotopic (exact) mass is 199 g/mol. The molecule has 0 fully saturated rings. The summed E-state index contributed by atoms with van der Waals surface area (Å²) in [6, 6.07) is 6.18. The molecule has 0 bridgehead atoms. The predicted molar refractivity (Wildman–Crippen MR) is 60.6 cm³/mol. The Labute approximate surface area is 89.1 Å². The Morgan fingerprint density at radius 1 is 1.47 bits per heavy atom. The van der Waals surface area contributed by atoms with E-state index in [4.69, 9.17) is 6.57 Å². The van der Waals surface area contributed by atoms with Gasteiger partial charge in [-0.1, -0.05) is 12.1 Å². The molecule has 15 heavy (non-hydrogen) atoms. The second-order valence-corrected chi connectivity index (χ2v) is 3.65. The first-order valence-electron chi connectivity index (χ1n) is 4.98. The Balaban J connectivity index is 2.60. The molecule has 0 saturated heterocycles. The van der Waals surface area contributed by atoms with Crippen molar-refractivity contribution in [3.63, 3.8) is 0 Å². The maximum Gasteiger partial charge on any atom is 0.218 e. The quantitative estimate of drug-likeness (QED) is 0.680. The molecule has 0 atom stereocenters. The SMILES string of the molecule is [C-]#[N+]CCc1cccc2c1c(C)nn2C. The molecule has 1 heterocycles. The molecule has 0 unspecified atom stereocenters. The van der Waals surface area contributed by atoms with Crippen LogP contribution in [0.2, 0.25) is 0 Å². The average Bonchev–Trinajstić information content (AvgIpc) is 2.53. The molecule has 0 amide bonds. The van der Waals surface area contributed by atoms with Crippen molar-refractivity contribution in [3.05, 3.63) is 40.9 Å². The first-order chi connectivity index (χ1) is 7.24. The van der Waals surface area contributed by atoms with Gasteiger partial charge >= 0.3 is 0 Å². The van der Waals surface area contributed by atoms with Crippen LogP contribution in [0.5, 0.6) is 0 Å². The van der Waals surface area contributed by atoms with E-state index < -0.39 is 0 Å². The van der Waals surface area contributed by atoms with Crippen LogP contribution in [-0.4, -0.2) is 16.3 Å². The Morgan fingerprint density at radius 2 is 2.27 bits per heavy atom. The topological polar surface area (TPSA) is 22.2 Å². The highest BCUT2D eigenvalue weighted by molar-refractivity contribution is 5.85. The van der Waals surface area contributed by atoms with E-state index in [0.29, 0.717) is 6.54 Å². The van der Waals surface area contributed by atoms with Crippen molar-refractivity contribution in [3.8, 4) is 0 Å². The minimum Gasteiger partial charge on any atom is -0.317 e. The maximum atomic E-state index is 6.82. The van der Waals surface area contributed by atoms with Gasteiger partial charge in [-0.25, -0.2) is 6.57 Å². The van der Waals surface area contributed by atoms with Gasteiger partial charge in [0.25, 0.3) is 0 Å². The second-order valence-electron chi connectivity index (χ2n) is 3.65. The van der Waals surface area contributed by atoms with Crippen LogP contribution in [0.25, 0.3) is 15.7 Å². The predicted octanol–water partition coefficient (Wildman–Crippen LogP) is 2.34. The summed E-state index contributed by atoms with van der Waals surface area (Å²) in [7, 11) is 1.95. The zero-order valence-corrected chi connectivity index (χ0v) is 8.99. The second kappa shape index (κ2) is 3.74. The van der Waals surface area contributed by atoms with Gasteiger partial charge in [0.15, 0.2) is 0 Å². The molecule has 1 aromatic carbocycles. The number of fused-ring (bicyclic) bond motifs is 1. The third kappa shape index (κ3) is 1.59. The largest absolute Gasteiger partial charge is 0.317 e. The van der Waals surface area contributed by atoms with E-state index in [-0.39, 0.29) is 0 Å². The van der Waals surface area contributed by atoms with Gasteiger partial charge < -0.3 is 4.85 Å². The first kappa shape index (κ1) is 9.72. The number of aromatic nitrogens is 2. The van der Waals surface area contributed by atoms with Crippen molar-refractivity contribution in [1.82, 2.24) is 9.78 Å². The van der Waals surface area contributed by atoms with Crippen LogP contribution >= 0.6 is 0 Å². The maximum absolute atomic E-state index is 6.82. The van der Waals surface area contributed by atoms with Gasteiger partial charge in [0.2, 0.25) is 6.54 Å². The number of hydrogen-bond donors (Lipinski definition) is 0. The van der Waals surface area contributed by atoms with Gasteiger partial charge in [-0.15, -0.1) is 0 Å². The third-order valence-electron chi connectivity index (χ3n) is 2.63. The van der Waals surface area contributed by atoms with Crippen molar-refractivity contribution in [2.24, 2.45) is 7.05 Å². The van der Waals surface area contributed by atoms with Crippen molar-refractivity contribution >= 4 is 10.9 Å². The molecular formula is C12H13N3. The molecule has 3 heteroatoms. The van der Waals surface area contributed by atoms with Crippen LogP contribution in [-0.2, 0) is 13.5 Å². The van der Waals surface area contributed by atoms with Crippen LogP contribution in [0.3, 0.4) is 0 Å². The minimum atomic E-state index is 0.549. The zero-order chi connectivity index (χ0) is 10.8. The summed E-state index contributed by atoms with van der Waals surface area (Å²) in [5.41, 5.74) is 3.43. The fraction of sp³-hybridized carbons (Fsp3) is 0.333. The van der Waals surface area contributed by atoms with Crippen LogP contribution in [0.4, 0.5) is 0 Å². The summed E-state index contributed by atoms with van der Waals surface area (Å²) in [5.74, 6) is 0. The molecule has 0 radical (unpaired) electrons. The summed E-state index contributed by atoms with van der Waals surface area (Å²) in [6.07, 6.45) is 0.813. The molecule has 0 spiro atoms. The molecule has 0 aliphatic carbocycles. The van der Waals surface area contributed by atoms with E-state index in [2.05, 4.69) is 22.1 Å². The Morgan fingerprint density at radius 3 is 3.00 bits per heavy atom. The summed E-state index contributed by atoms with van der Waals surface area (Å²) in [4.78, 5) is 3.40. The van der Waals surface area contributed by atoms with Gasteiger partial charge in [-0.05, 0) is 18.6 Å². The molecule has 3 nitrogen and oxygen atoms in total. The highest BCUT2D eigenvalue weighted by Gasteiger charge is 2.09. The Bertz CT molecular complexity index is 532. The van der Waals surface area contributed by atoms with Gasteiger partial charge in [0.05, 0.1) is 11.2 Å². The Kier molecular flexibility index (Phi) is 2.42. The lowest BCUT2D eigenvalue weighted by molar-refractivity contribution is 0.783. The van der Waals surface area contributed by atoms with Crippen molar-refractivity contribution in [1.29, 1.82) is 0 Å². The molecule has 2 rings (SSSR count). The van der Waals surface area contributed by atoms with Gasteiger partial charge in [-0.3, -0.25) is 4.68 Å². The molecule has 0 N–H and O–H groups in total. The van der Waals surface area contributed by atoms with Gasteiger partial charge in [-0.2, -0.15) is 5.10 Å². The Hall–Kier alpha value is -1.82. The summed E-state index contributed by atoms with van der Waals surface area (Å²) in [6.45, 7) is 9.39. The summed E-state index contributed by atoms with van der Waals surface area (Å²) in [5, 5.41) is 5.61. The molecule has 0 saturated carbocycles. The number of rotatable bonds is 2. The van der Waals surface area contributed by atoms with Crippen LogP contribution in [0.1, 0.15) is 11.3 Å². The molecule has 0 aliphatic heterocycles. The number of benzene rings is 1. The molecular weight excluding hydrogens is 186 g/mol. The fourth-order valence-electron chi connectivity index (χ4n) is 1.99. The lowest BCUT2D eigenvalue weighted by Crippen LogP contribution is -1.91. The molecule has 0 aliphatic rings. The standard InChI is InChI=1S/C12H13N3/c1-9-12-10(7-8-13-2)5-4-6-11(12)15(3)14-9/h4-6H,7-8H2,1,3H3. The highest BCUT2D eigenvalue weighted by Crippen LogP contribution is 2.22. The highest BCUT2D eigenvalue weighted by atomic mass is 15.3. The van der Waals surface area contributed by atoms with E-state index in [0.717, 1.165) is 17.6 Å². The summed E-state index contributed by atoms with van der Waals surface area (Å²) < 4.78 is 1.89. The van der Waals surface area contributed by atoms with E-state index in [1.165, 1.54) is 10.9 Å². The van der Waals surface area contributed by atoms with E-state index >= 15 is 0 Å². The smallest absolute Gasteiger partial charge is 0.218 e. The first-order valence-corrected chi connectivity index (χ1v) is 4.98. The molecule has 2 aromatic rings. The molecule has 76 valence electrons. The van der Waals surface area contributed by atoms with Crippen LogP contribution < -0.4 is 0 Å². The number of nitrogens with zero attached hydrogens (tertiary/aromatic N) is 3. The average molecular weight is 199 g/mol. The van der Waals surface area contributed by atoms with Crippen LogP contribution in [0.15, 0.2) is 18.2 Å². The van der Waals surface area contributed by atoms with E-state index in [1.807, 2.05) is 24.7 Å². The lowest BCUT2D eigenvalue weighted by atomic mass is 10.1. The number of aryl methyl sites for hydroxylation is 2. The minimum absolute atomic E-state index is 0.549. The summed E-state index contributed by atoms with van der Waals surface area (Å²) >= 11 is 0.